The summed E-state index contributed by atoms with van der Waals surface area (Å²) in [5.74, 6) is 3.56. The molecule has 0 N–H and O–H groups in total. The van der Waals surface area contributed by atoms with Crippen molar-refractivity contribution in [2.24, 2.45) is 0 Å². The number of hydrogen-bond acceptors (Lipinski definition) is 4. The van der Waals surface area contributed by atoms with E-state index in [2.05, 4.69) is 99.0 Å². The van der Waals surface area contributed by atoms with Gasteiger partial charge < -0.3 is 9.47 Å². The second kappa shape index (κ2) is 11.0. The van der Waals surface area contributed by atoms with Gasteiger partial charge in [0.2, 0.25) is 0 Å². The summed E-state index contributed by atoms with van der Waals surface area (Å²) in [7, 11) is 1.70. The van der Waals surface area contributed by atoms with Gasteiger partial charge in [-0.1, -0.05) is 50.2 Å². The van der Waals surface area contributed by atoms with E-state index in [0.29, 0.717) is 5.92 Å². The van der Waals surface area contributed by atoms with E-state index < -0.39 is 0 Å². The van der Waals surface area contributed by atoms with Gasteiger partial charge >= 0.3 is 0 Å². The molecular weight excluding hydrogens is 544 g/mol. The molecule has 218 valence electrons. The van der Waals surface area contributed by atoms with Crippen molar-refractivity contribution < 1.29 is 9.47 Å². The van der Waals surface area contributed by atoms with E-state index in [4.69, 9.17) is 19.6 Å². The summed E-state index contributed by atoms with van der Waals surface area (Å²) in [6.07, 6.45) is 1.89. The van der Waals surface area contributed by atoms with Crippen LogP contribution in [-0.2, 0) is 0 Å². The molecular formula is C38H34N4O2. The quantitative estimate of drug-likeness (QED) is 0.189. The summed E-state index contributed by atoms with van der Waals surface area (Å²) in [5.41, 5.74) is 8.66. The Balaban J connectivity index is 1.30. The standard InChI is InChI=1S/C38H34N4O2/c1-24(2)28-18-19-39-37(20-28)41-35-17-15-30(43-5)22-34(35)33-16-14-32(23-36(33)41)44-31-13-9-12-29(21-31)42-26(4)38(25(3)40-42)27-10-7-6-8-11-27/h6-24H,1-5H3. The number of rotatable bonds is 7. The average Bonchev–Trinajstić information content (AvgIpc) is 3.53. The lowest BCUT2D eigenvalue weighted by Crippen LogP contribution is -2.00. The van der Waals surface area contributed by atoms with Crippen molar-refractivity contribution in [1.29, 1.82) is 0 Å². The summed E-state index contributed by atoms with van der Waals surface area (Å²) in [6, 6.07) is 35.1. The highest BCUT2D eigenvalue weighted by atomic mass is 16.5. The normalized spacial score (nSPS) is 11.5. The first-order valence-corrected chi connectivity index (χ1v) is 14.9. The fraction of sp³-hybridized carbons (Fsp3) is 0.158. The summed E-state index contributed by atoms with van der Waals surface area (Å²) in [5, 5.41) is 7.09. The molecule has 0 aliphatic heterocycles. The Hall–Kier alpha value is -5.36. The van der Waals surface area contributed by atoms with Crippen LogP contribution in [0.2, 0.25) is 0 Å². The second-order valence-corrected chi connectivity index (χ2v) is 11.4. The van der Waals surface area contributed by atoms with Crippen molar-refractivity contribution >= 4 is 21.8 Å². The lowest BCUT2D eigenvalue weighted by atomic mass is 10.0. The van der Waals surface area contributed by atoms with E-state index >= 15 is 0 Å². The number of aryl methyl sites for hydroxylation is 1. The van der Waals surface area contributed by atoms with Gasteiger partial charge in [-0.15, -0.1) is 0 Å². The van der Waals surface area contributed by atoms with Gasteiger partial charge in [-0.25, -0.2) is 9.67 Å². The van der Waals surface area contributed by atoms with E-state index in [1.807, 2.05) is 47.3 Å². The van der Waals surface area contributed by atoms with Crippen LogP contribution in [0.3, 0.4) is 0 Å². The monoisotopic (exact) mass is 578 g/mol. The van der Waals surface area contributed by atoms with Crippen molar-refractivity contribution in [3.8, 4) is 39.9 Å². The van der Waals surface area contributed by atoms with Crippen molar-refractivity contribution in [3.05, 3.63) is 126 Å². The van der Waals surface area contributed by atoms with E-state index in [1.54, 1.807) is 7.11 Å². The Kier molecular flexibility index (Phi) is 6.90. The van der Waals surface area contributed by atoms with Gasteiger partial charge in [0.15, 0.2) is 0 Å². The summed E-state index contributed by atoms with van der Waals surface area (Å²) in [6.45, 7) is 8.57. The minimum absolute atomic E-state index is 0.391. The molecule has 0 fully saturated rings. The van der Waals surface area contributed by atoms with Crippen LogP contribution in [-0.4, -0.2) is 26.4 Å². The van der Waals surface area contributed by atoms with Crippen molar-refractivity contribution in [3.63, 3.8) is 0 Å². The molecule has 0 aliphatic carbocycles. The van der Waals surface area contributed by atoms with Crippen LogP contribution in [0.1, 0.15) is 36.7 Å². The van der Waals surface area contributed by atoms with E-state index in [-0.39, 0.29) is 0 Å². The Morgan fingerprint density at radius 3 is 2.30 bits per heavy atom. The molecule has 6 heteroatoms. The van der Waals surface area contributed by atoms with Gasteiger partial charge in [-0.2, -0.15) is 5.10 Å². The molecule has 7 aromatic rings. The zero-order valence-electron chi connectivity index (χ0n) is 25.6. The maximum Gasteiger partial charge on any atom is 0.137 e. The first-order chi connectivity index (χ1) is 21.4. The third-order valence-electron chi connectivity index (χ3n) is 8.26. The molecule has 0 radical (unpaired) electrons. The number of aromatic nitrogens is 4. The van der Waals surface area contributed by atoms with Gasteiger partial charge in [0, 0.05) is 40.4 Å². The predicted molar refractivity (Wildman–Crippen MR) is 178 cm³/mol. The molecule has 0 bridgehead atoms. The van der Waals surface area contributed by atoms with E-state index in [0.717, 1.165) is 73.1 Å². The zero-order valence-corrected chi connectivity index (χ0v) is 25.6. The van der Waals surface area contributed by atoms with E-state index in [9.17, 15) is 0 Å². The molecule has 3 aromatic heterocycles. The molecule has 0 spiro atoms. The highest BCUT2D eigenvalue weighted by molar-refractivity contribution is 6.10. The van der Waals surface area contributed by atoms with Crippen LogP contribution in [0.25, 0.3) is 44.4 Å². The predicted octanol–water partition coefficient (Wildman–Crippen LogP) is 9.57. The first kappa shape index (κ1) is 27.5. The molecule has 0 unspecified atom stereocenters. The van der Waals surface area contributed by atoms with E-state index in [1.165, 1.54) is 5.56 Å². The third kappa shape index (κ3) is 4.78. The van der Waals surface area contributed by atoms with Crippen molar-refractivity contribution in [1.82, 2.24) is 19.3 Å². The Morgan fingerprint density at radius 2 is 1.50 bits per heavy atom. The summed E-state index contributed by atoms with van der Waals surface area (Å²) >= 11 is 0. The van der Waals surface area contributed by atoms with Gasteiger partial charge in [-0.3, -0.25) is 4.57 Å². The van der Waals surface area contributed by atoms with Crippen LogP contribution >= 0.6 is 0 Å². The Morgan fingerprint density at radius 1 is 0.705 bits per heavy atom. The molecule has 3 heterocycles. The number of ether oxygens (including phenoxy) is 2. The smallest absolute Gasteiger partial charge is 0.137 e. The number of nitrogens with zero attached hydrogens (tertiary/aromatic N) is 4. The fourth-order valence-corrected chi connectivity index (χ4v) is 6.06. The molecule has 0 atom stereocenters. The lowest BCUT2D eigenvalue weighted by Gasteiger charge is -2.12. The van der Waals surface area contributed by atoms with Crippen LogP contribution in [0.5, 0.6) is 17.2 Å². The molecule has 7 rings (SSSR count). The fourth-order valence-electron chi connectivity index (χ4n) is 6.06. The van der Waals surface area contributed by atoms with Crippen molar-refractivity contribution in [2.75, 3.05) is 7.11 Å². The zero-order chi connectivity index (χ0) is 30.4. The highest BCUT2D eigenvalue weighted by Gasteiger charge is 2.17. The van der Waals surface area contributed by atoms with Gasteiger partial charge in [0.1, 0.15) is 23.1 Å². The maximum absolute atomic E-state index is 6.50. The first-order valence-electron chi connectivity index (χ1n) is 14.9. The van der Waals surface area contributed by atoms with Gasteiger partial charge in [0.25, 0.3) is 0 Å². The number of fused-ring (bicyclic) bond motifs is 3. The minimum atomic E-state index is 0.391. The van der Waals surface area contributed by atoms with Crippen molar-refractivity contribution in [2.45, 2.75) is 33.6 Å². The summed E-state index contributed by atoms with van der Waals surface area (Å²) < 4.78 is 16.3. The number of hydrogen-bond donors (Lipinski definition) is 0. The molecule has 0 aliphatic rings. The number of methoxy groups -OCH3 is 1. The minimum Gasteiger partial charge on any atom is -0.497 e. The second-order valence-electron chi connectivity index (χ2n) is 11.4. The molecule has 0 saturated heterocycles. The molecule has 0 amide bonds. The molecule has 0 saturated carbocycles. The SMILES string of the molecule is COc1ccc2c(c1)c1ccc(Oc3cccc(-n4nc(C)c(-c5ccccc5)c4C)c3)cc1n2-c1cc(C(C)C)ccn1. The summed E-state index contributed by atoms with van der Waals surface area (Å²) in [4.78, 5) is 4.79. The Bertz CT molecular complexity index is 2140. The topological polar surface area (TPSA) is 54.1 Å². The van der Waals surface area contributed by atoms with Crippen LogP contribution in [0, 0.1) is 13.8 Å². The molecule has 6 nitrogen and oxygen atoms in total. The van der Waals surface area contributed by atoms with Crippen LogP contribution in [0.15, 0.2) is 109 Å². The van der Waals surface area contributed by atoms with Gasteiger partial charge in [-0.05, 0) is 85.5 Å². The van der Waals surface area contributed by atoms with Gasteiger partial charge in [0.05, 0.1) is 29.5 Å². The third-order valence-corrected chi connectivity index (χ3v) is 8.26. The molecule has 44 heavy (non-hydrogen) atoms. The lowest BCUT2D eigenvalue weighted by molar-refractivity contribution is 0.415. The molecule has 4 aromatic carbocycles. The largest absolute Gasteiger partial charge is 0.497 e. The average molecular weight is 579 g/mol. The van der Waals surface area contributed by atoms with Crippen LogP contribution < -0.4 is 9.47 Å². The number of pyridine rings is 1. The Labute approximate surface area is 257 Å². The maximum atomic E-state index is 6.50. The highest BCUT2D eigenvalue weighted by Crippen LogP contribution is 2.37. The van der Waals surface area contributed by atoms with Crippen LogP contribution in [0.4, 0.5) is 0 Å². The number of benzene rings is 4.